The third kappa shape index (κ3) is 7.09. The SMILES string of the molecule is CCC(C)=CB(c1cccc(C(C)C)c1)c1cccc(C(C)C)c1.c1c[nH]cn1. The van der Waals surface area contributed by atoms with Crippen molar-refractivity contribution in [2.45, 2.75) is 59.8 Å². The molecule has 0 aliphatic rings. The highest BCUT2D eigenvalue weighted by atomic mass is 14.8. The van der Waals surface area contributed by atoms with Crippen LogP contribution in [0.25, 0.3) is 0 Å². The fraction of sp³-hybridized carbons (Fsp3) is 0.346. The first-order valence-electron chi connectivity index (χ1n) is 10.7. The van der Waals surface area contributed by atoms with Gasteiger partial charge in [0.25, 0.3) is 0 Å². The van der Waals surface area contributed by atoms with Crippen LogP contribution in [0.4, 0.5) is 0 Å². The molecule has 2 aromatic carbocycles. The Labute approximate surface area is 177 Å². The fourth-order valence-corrected chi connectivity index (χ4v) is 3.23. The van der Waals surface area contributed by atoms with E-state index in [1.165, 1.54) is 27.6 Å². The number of rotatable bonds is 6. The predicted molar refractivity (Wildman–Crippen MR) is 129 cm³/mol. The molecule has 0 saturated heterocycles. The molecule has 2 nitrogen and oxygen atoms in total. The van der Waals surface area contributed by atoms with Crippen LogP contribution in [0.5, 0.6) is 0 Å². The second kappa shape index (κ2) is 11.5. The van der Waals surface area contributed by atoms with Crippen LogP contribution < -0.4 is 10.9 Å². The van der Waals surface area contributed by atoms with Crippen LogP contribution in [0, 0.1) is 0 Å². The fourth-order valence-electron chi connectivity index (χ4n) is 3.23. The minimum Gasteiger partial charge on any atom is -0.351 e. The van der Waals surface area contributed by atoms with E-state index >= 15 is 0 Å². The van der Waals surface area contributed by atoms with Gasteiger partial charge in [-0.1, -0.05) is 99.6 Å². The highest BCUT2D eigenvalue weighted by molar-refractivity contribution is 6.89. The lowest BCUT2D eigenvalue weighted by molar-refractivity contribution is 0.867. The first-order chi connectivity index (χ1) is 13.9. The summed E-state index contributed by atoms with van der Waals surface area (Å²) >= 11 is 0. The minimum atomic E-state index is 0.336. The van der Waals surface area contributed by atoms with Gasteiger partial charge in [0.2, 0.25) is 6.71 Å². The van der Waals surface area contributed by atoms with E-state index in [2.05, 4.69) is 106 Å². The third-order valence-electron chi connectivity index (χ3n) is 5.29. The van der Waals surface area contributed by atoms with Gasteiger partial charge in [0.15, 0.2) is 0 Å². The van der Waals surface area contributed by atoms with E-state index in [0.29, 0.717) is 18.5 Å². The Balaban J connectivity index is 0.000000521. The van der Waals surface area contributed by atoms with E-state index in [-0.39, 0.29) is 0 Å². The Hall–Kier alpha value is -2.55. The average molecular weight is 386 g/mol. The van der Waals surface area contributed by atoms with Crippen LogP contribution in [0.3, 0.4) is 0 Å². The normalized spacial score (nSPS) is 11.4. The molecule has 3 rings (SSSR count). The number of allylic oxidation sites excluding steroid dienone is 1. The zero-order chi connectivity index (χ0) is 21.2. The van der Waals surface area contributed by atoms with Crippen LogP contribution in [0.2, 0.25) is 0 Å². The van der Waals surface area contributed by atoms with E-state index in [1.807, 2.05) is 0 Å². The van der Waals surface area contributed by atoms with Crippen molar-refractivity contribution < 1.29 is 0 Å². The van der Waals surface area contributed by atoms with E-state index in [1.54, 1.807) is 18.7 Å². The molecule has 0 spiro atoms. The first-order valence-corrected chi connectivity index (χ1v) is 10.7. The zero-order valence-electron chi connectivity index (χ0n) is 18.8. The van der Waals surface area contributed by atoms with Crippen LogP contribution in [-0.4, -0.2) is 16.7 Å². The van der Waals surface area contributed by atoms with Crippen molar-refractivity contribution in [3.05, 3.63) is 89.9 Å². The monoisotopic (exact) mass is 386 g/mol. The zero-order valence-corrected chi connectivity index (χ0v) is 18.8. The van der Waals surface area contributed by atoms with Gasteiger partial charge in [-0.3, -0.25) is 0 Å². The standard InChI is InChI=1S/C23H31B.C3H4N2/c1-7-19(6)16-24(22-12-8-10-20(14-22)17(2)3)23-13-9-11-21(15-23)18(4)5;1-2-5-3-4-1/h8-18H,7H2,1-6H3;1-3H,(H,4,5). The van der Waals surface area contributed by atoms with Crippen molar-refractivity contribution in [1.82, 2.24) is 9.97 Å². The number of nitrogens with one attached hydrogen (secondary N) is 1. The number of hydrogen-bond acceptors (Lipinski definition) is 1. The van der Waals surface area contributed by atoms with E-state index in [0.717, 1.165) is 6.42 Å². The van der Waals surface area contributed by atoms with Gasteiger partial charge in [-0.15, -0.1) is 5.98 Å². The lowest BCUT2D eigenvalue weighted by Crippen LogP contribution is -2.41. The maximum atomic E-state index is 3.67. The number of nitrogens with zero attached hydrogens (tertiary/aromatic N) is 1. The number of benzene rings is 2. The Morgan fingerprint density at radius 3 is 1.86 bits per heavy atom. The number of imidazole rings is 1. The molecule has 3 heteroatoms. The highest BCUT2D eigenvalue weighted by Crippen LogP contribution is 2.15. The third-order valence-corrected chi connectivity index (χ3v) is 5.29. The molecule has 0 saturated carbocycles. The van der Waals surface area contributed by atoms with Gasteiger partial charge in [0.05, 0.1) is 6.33 Å². The van der Waals surface area contributed by atoms with Crippen LogP contribution in [0.1, 0.15) is 70.9 Å². The van der Waals surface area contributed by atoms with Crippen LogP contribution >= 0.6 is 0 Å². The largest absolute Gasteiger partial charge is 0.351 e. The molecule has 0 bridgehead atoms. The molecule has 152 valence electrons. The molecule has 1 aromatic heterocycles. The summed E-state index contributed by atoms with van der Waals surface area (Å²) in [6, 6.07) is 18.2. The summed E-state index contributed by atoms with van der Waals surface area (Å²) in [4.78, 5) is 6.42. The summed E-state index contributed by atoms with van der Waals surface area (Å²) in [6.07, 6.45) is 6.18. The molecule has 0 aliphatic carbocycles. The summed E-state index contributed by atoms with van der Waals surface area (Å²) in [7, 11) is 0. The van der Waals surface area contributed by atoms with Crippen molar-refractivity contribution >= 4 is 17.6 Å². The van der Waals surface area contributed by atoms with Crippen molar-refractivity contribution in [2.75, 3.05) is 0 Å². The molecule has 0 aliphatic heterocycles. The van der Waals surface area contributed by atoms with Gasteiger partial charge in [-0.25, -0.2) is 4.98 Å². The smallest absolute Gasteiger partial charge is 0.233 e. The Morgan fingerprint density at radius 1 is 0.966 bits per heavy atom. The van der Waals surface area contributed by atoms with Gasteiger partial charge in [0, 0.05) is 12.4 Å². The summed E-state index contributed by atoms with van der Waals surface area (Å²) in [5.74, 6) is 3.56. The number of H-pyrrole nitrogens is 1. The van der Waals surface area contributed by atoms with E-state index < -0.39 is 0 Å². The molecule has 0 atom stereocenters. The molecular formula is C26H35BN2. The van der Waals surface area contributed by atoms with Crippen LogP contribution in [-0.2, 0) is 0 Å². The summed E-state index contributed by atoms with van der Waals surface area (Å²) in [6.45, 7) is 13.9. The molecule has 1 heterocycles. The summed E-state index contributed by atoms with van der Waals surface area (Å²) in [5, 5.41) is 0. The van der Waals surface area contributed by atoms with Gasteiger partial charge in [0.1, 0.15) is 0 Å². The van der Waals surface area contributed by atoms with Gasteiger partial charge >= 0.3 is 0 Å². The van der Waals surface area contributed by atoms with Crippen molar-refractivity contribution in [3.63, 3.8) is 0 Å². The molecule has 0 radical (unpaired) electrons. The second-order valence-corrected chi connectivity index (χ2v) is 8.25. The molecule has 0 amide bonds. The number of aromatic amines is 1. The quantitative estimate of drug-likeness (QED) is 0.529. The molecular weight excluding hydrogens is 351 g/mol. The maximum Gasteiger partial charge on any atom is 0.233 e. The number of aromatic nitrogens is 2. The summed E-state index contributed by atoms with van der Waals surface area (Å²) < 4.78 is 0. The molecule has 1 N–H and O–H groups in total. The Bertz CT molecular complexity index is 811. The molecule has 3 aromatic rings. The Kier molecular flexibility index (Phi) is 8.98. The topological polar surface area (TPSA) is 28.7 Å². The van der Waals surface area contributed by atoms with Crippen LogP contribution in [0.15, 0.2) is 78.8 Å². The molecule has 0 unspecified atom stereocenters. The highest BCUT2D eigenvalue weighted by Gasteiger charge is 2.18. The lowest BCUT2D eigenvalue weighted by atomic mass is 9.40. The first kappa shape index (κ1) is 22.7. The molecule has 0 fully saturated rings. The lowest BCUT2D eigenvalue weighted by Gasteiger charge is -2.16. The minimum absolute atomic E-state index is 0.336. The maximum absolute atomic E-state index is 3.67. The summed E-state index contributed by atoms with van der Waals surface area (Å²) in [5.41, 5.74) is 7.08. The predicted octanol–water partition coefficient (Wildman–Crippen LogP) is 5.85. The van der Waals surface area contributed by atoms with Gasteiger partial charge in [-0.2, -0.15) is 0 Å². The Morgan fingerprint density at radius 2 is 1.52 bits per heavy atom. The van der Waals surface area contributed by atoms with E-state index in [9.17, 15) is 0 Å². The van der Waals surface area contributed by atoms with Crippen molar-refractivity contribution in [3.8, 4) is 0 Å². The second-order valence-electron chi connectivity index (χ2n) is 8.25. The number of hydrogen-bond donors (Lipinski definition) is 1. The van der Waals surface area contributed by atoms with Gasteiger partial charge in [-0.05, 0) is 36.3 Å². The molecule has 29 heavy (non-hydrogen) atoms. The average Bonchev–Trinajstić information content (AvgIpc) is 3.32. The van der Waals surface area contributed by atoms with Gasteiger partial charge < -0.3 is 4.98 Å². The van der Waals surface area contributed by atoms with E-state index in [4.69, 9.17) is 0 Å². The van der Waals surface area contributed by atoms with Crippen molar-refractivity contribution in [1.29, 1.82) is 0 Å². The van der Waals surface area contributed by atoms with Crippen molar-refractivity contribution in [2.24, 2.45) is 0 Å².